The number of benzene rings is 2. The van der Waals surface area contributed by atoms with Crippen molar-refractivity contribution in [2.45, 2.75) is 11.8 Å². The lowest BCUT2D eigenvalue weighted by Gasteiger charge is -2.41. The number of piperidine rings is 1. The molecule has 1 amide bonds. The van der Waals surface area contributed by atoms with Crippen molar-refractivity contribution in [1.82, 2.24) is 0 Å². The summed E-state index contributed by atoms with van der Waals surface area (Å²) in [5.41, 5.74) is 0.650. The summed E-state index contributed by atoms with van der Waals surface area (Å²) in [5.74, 6) is -0.194. The highest BCUT2D eigenvalue weighted by atomic mass is 16.5. The van der Waals surface area contributed by atoms with Gasteiger partial charge in [-0.25, -0.2) is 0 Å². The first kappa shape index (κ1) is 17.7. The van der Waals surface area contributed by atoms with E-state index in [1.165, 1.54) is 7.11 Å². The van der Waals surface area contributed by atoms with E-state index in [9.17, 15) is 9.59 Å². The van der Waals surface area contributed by atoms with E-state index >= 15 is 0 Å². The van der Waals surface area contributed by atoms with E-state index in [4.69, 9.17) is 9.47 Å². The van der Waals surface area contributed by atoms with Gasteiger partial charge in [0.05, 0.1) is 14.2 Å². The molecular weight excluding hydrogens is 330 g/mol. The average Bonchev–Trinajstić information content (AvgIpc) is 2.69. The van der Waals surface area contributed by atoms with Crippen molar-refractivity contribution in [1.29, 1.82) is 0 Å². The molecule has 1 fully saturated rings. The van der Waals surface area contributed by atoms with Crippen LogP contribution < -0.4 is 9.64 Å². The fraction of sp³-hybridized carbons (Fsp3) is 0.238. The van der Waals surface area contributed by atoms with E-state index < -0.39 is 11.4 Å². The Bertz CT molecular complexity index is 829. The maximum absolute atomic E-state index is 13.5. The molecule has 2 aromatic carbocycles. The first-order chi connectivity index (χ1) is 12.5. The summed E-state index contributed by atoms with van der Waals surface area (Å²) in [5, 5.41) is 0. The third-order valence-corrected chi connectivity index (χ3v) is 4.69. The summed E-state index contributed by atoms with van der Waals surface area (Å²) < 4.78 is 10.2. The highest BCUT2D eigenvalue weighted by Gasteiger charge is 2.53. The molecule has 3 rings (SSSR count). The highest BCUT2D eigenvalue weighted by molar-refractivity contribution is 6.16. The van der Waals surface area contributed by atoms with Crippen LogP contribution in [0.5, 0.6) is 5.75 Å². The molecule has 1 heterocycles. The van der Waals surface area contributed by atoms with Gasteiger partial charge in [-0.2, -0.15) is 0 Å². The number of methoxy groups -OCH3 is 2. The summed E-state index contributed by atoms with van der Waals surface area (Å²) >= 11 is 0. The topological polar surface area (TPSA) is 55.8 Å². The Balaban J connectivity index is 2.11. The van der Waals surface area contributed by atoms with Gasteiger partial charge in [-0.15, -0.1) is 0 Å². The van der Waals surface area contributed by atoms with Crippen LogP contribution >= 0.6 is 0 Å². The maximum Gasteiger partial charge on any atom is 0.326 e. The number of carbonyl (C=O) groups excluding carboxylic acids is 2. The monoisotopic (exact) mass is 351 g/mol. The Kier molecular flexibility index (Phi) is 4.80. The molecule has 1 aliphatic heterocycles. The van der Waals surface area contributed by atoms with E-state index in [0.717, 1.165) is 5.57 Å². The summed E-state index contributed by atoms with van der Waals surface area (Å²) in [6.07, 6.45) is 0.231. The molecule has 0 aromatic heterocycles. The molecule has 5 heteroatoms. The van der Waals surface area contributed by atoms with Gasteiger partial charge in [-0.05, 0) is 36.2 Å². The van der Waals surface area contributed by atoms with Gasteiger partial charge in [0.15, 0.2) is 5.41 Å². The number of ether oxygens (including phenoxy) is 2. The normalized spacial score (nSPS) is 20.0. The van der Waals surface area contributed by atoms with Crippen LogP contribution in [-0.4, -0.2) is 32.6 Å². The zero-order valence-electron chi connectivity index (χ0n) is 14.9. The summed E-state index contributed by atoms with van der Waals surface area (Å²) in [6, 6.07) is 16.2. The quantitative estimate of drug-likeness (QED) is 0.482. The van der Waals surface area contributed by atoms with Crippen LogP contribution in [0, 0.1) is 0 Å². The van der Waals surface area contributed by atoms with Gasteiger partial charge in [0.25, 0.3) is 0 Å². The minimum atomic E-state index is -1.43. The van der Waals surface area contributed by atoms with Crippen molar-refractivity contribution in [2.24, 2.45) is 0 Å². The second-order valence-electron chi connectivity index (χ2n) is 6.28. The zero-order valence-corrected chi connectivity index (χ0v) is 14.9. The van der Waals surface area contributed by atoms with Crippen LogP contribution in [0.2, 0.25) is 0 Å². The molecule has 1 atom stereocenters. The molecule has 0 aliphatic carbocycles. The van der Waals surface area contributed by atoms with Gasteiger partial charge in [0, 0.05) is 12.2 Å². The molecule has 0 unspecified atom stereocenters. The van der Waals surface area contributed by atoms with Crippen LogP contribution in [0.3, 0.4) is 0 Å². The first-order valence-corrected chi connectivity index (χ1v) is 8.29. The Morgan fingerprint density at radius 3 is 2.31 bits per heavy atom. The van der Waals surface area contributed by atoms with Crippen LogP contribution in [0.1, 0.15) is 12.0 Å². The second kappa shape index (κ2) is 7.04. The Labute approximate surface area is 152 Å². The Morgan fingerprint density at radius 2 is 1.73 bits per heavy atom. The van der Waals surface area contributed by atoms with Crippen LogP contribution in [0.25, 0.3) is 0 Å². The highest BCUT2D eigenvalue weighted by Crippen LogP contribution is 2.40. The van der Waals surface area contributed by atoms with Gasteiger partial charge >= 0.3 is 5.97 Å². The third-order valence-electron chi connectivity index (χ3n) is 4.69. The Hall–Kier alpha value is -3.08. The van der Waals surface area contributed by atoms with E-state index in [-0.39, 0.29) is 12.3 Å². The lowest BCUT2D eigenvalue weighted by atomic mass is 9.72. The van der Waals surface area contributed by atoms with E-state index in [1.807, 2.05) is 18.2 Å². The number of carbonyl (C=O) groups is 2. The van der Waals surface area contributed by atoms with Gasteiger partial charge in [0.2, 0.25) is 5.91 Å². The molecule has 5 nitrogen and oxygen atoms in total. The molecule has 0 N–H and O–H groups in total. The molecule has 0 radical (unpaired) electrons. The Morgan fingerprint density at radius 1 is 1.08 bits per heavy atom. The molecule has 0 spiro atoms. The molecule has 0 bridgehead atoms. The summed E-state index contributed by atoms with van der Waals surface area (Å²) in [6.45, 7) is 4.43. The predicted molar refractivity (Wildman–Crippen MR) is 99.2 cm³/mol. The van der Waals surface area contributed by atoms with Crippen LogP contribution in [-0.2, 0) is 19.7 Å². The largest absolute Gasteiger partial charge is 0.497 e. The molecule has 26 heavy (non-hydrogen) atoms. The molecule has 1 saturated heterocycles. The second-order valence-corrected chi connectivity index (χ2v) is 6.28. The van der Waals surface area contributed by atoms with Gasteiger partial charge < -0.3 is 14.4 Å². The number of rotatable bonds is 4. The maximum atomic E-state index is 13.5. The number of nitrogens with zero attached hydrogens (tertiary/aromatic N) is 1. The zero-order chi connectivity index (χ0) is 18.7. The molecule has 1 aliphatic rings. The fourth-order valence-electron chi connectivity index (χ4n) is 3.40. The van der Waals surface area contributed by atoms with Crippen molar-refractivity contribution in [3.63, 3.8) is 0 Å². The first-order valence-electron chi connectivity index (χ1n) is 8.29. The average molecular weight is 351 g/mol. The van der Waals surface area contributed by atoms with Gasteiger partial charge in [-0.3, -0.25) is 9.59 Å². The summed E-state index contributed by atoms with van der Waals surface area (Å²) in [4.78, 5) is 27.9. The molecule has 134 valence electrons. The lowest BCUT2D eigenvalue weighted by Crippen LogP contribution is -2.57. The SMILES string of the molecule is C=C1CN(c2ccc(OC)cc2)C(=O)[C@@](C(=O)OC)(c2ccccc2)C1. The molecule has 0 saturated carbocycles. The number of esters is 1. The minimum absolute atomic E-state index is 0.231. The minimum Gasteiger partial charge on any atom is -0.497 e. The van der Waals surface area contributed by atoms with Crippen molar-refractivity contribution in [3.05, 3.63) is 72.3 Å². The predicted octanol–water partition coefficient (Wildman–Crippen LogP) is 3.10. The van der Waals surface area contributed by atoms with Crippen molar-refractivity contribution < 1.29 is 19.1 Å². The third kappa shape index (κ3) is 2.86. The smallest absolute Gasteiger partial charge is 0.326 e. The van der Waals surface area contributed by atoms with Gasteiger partial charge in [0.1, 0.15) is 5.75 Å². The number of hydrogen-bond donors (Lipinski definition) is 0. The molecule has 2 aromatic rings. The lowest BCUT2D eigenvalue weighted by molar-refractivity contribution is -0.152. The van der Waals surface area contributed by atoms with E-state index in [1.54, 1.807) is 48.4 Å². The van der Waals surface area contributed by atoms with Crippen molar-refractivity contribution in [2.75, 3.05) is 25.7 Å². The number of anilines is 1. The van der Waals surface area contributed by atoms with Crippen LogP contribution in [0.4, 0.5) is 5.69 Å². The number of hydrogen-bond acceptors (Lipinski definition) is 4. The van der Waals surface area contributed by atoms with Crippen molar-refractivity contribution in [3.8, 4) is 5.75 Å². The molecular formula is C21H21NO4. The van der Waals surface area contributed by atoms with Crippen molar-refractivity contribution >= 4 is 17.6 Å². The van der Waals surface area contributed by atoms with Gasteiger partial charge in [-0.1, -0.05) is 42.5 Å². The summed E-state index contributed by atoms with van der Waals surface area (Å²) in [7, 11) is 2.88. The fourth-order valence-corrected chi connectivity index (χ4v) is 3.40. The van der Waals surface area contributed by atoms with E-state index in [2.05, 4.69) is 6.58 Å². The standard InChI is InChI=1S/C21H21NO4/c1-15-13-21(20(24)26-3,16-7-5-4-6-8-16)19(23)22(14-15)17-9-11-18(25-2)12-10-17/h4-12H,1,13-14H2,2-3H3/t21-/m0/s1. The van der Waals surface area contributed by atoms with E-state index in [0.29, 0.717) is 23.5 Å². The number of amides is 1. The van der Waals surface area contributed by atoms with Crippen LogP contribution in [0.15, 0.2) is 66.7 Å².